The second-order valence-corrected chi connectivity index (χ2v) is 7.21. The quantitative estimate of drug-likeness (QED) is 0.759. The highest BCUT2D eigenvalue weighted by Gasteiger charge is 2.32. The molecule has 1 atom stereocenters. The highest BCUT2D eigenvalue weighted by atomic mass is 79.9. The molecule has 1 heterocycles. The second-order valence-electron chi connectivity index (χ2n) is 6.12. The van der Waals surface area contributed by atoms with E-state index in [-0.39, 0.29) is 17.9 Å². The third-order valence-electron chi connectivity index (χ3n) is 3.68. The number of amides is 1. The molecule has 1 amide bonds. The van der Waals surface area contributed by atoms with Crippen LogP contribution in [0.4, 0.5) is 5.69 Å². The Kier molecular flexibility index (Phi) is 4.65. The Bertz CT molecular complexity index is 513. The van der Waals surface area contributed by atoms with Crippen LogP contribution in [-0.4, -0.2) is 24.4 Å². The number of benzene rings is 1. The molecule has 3 nitrogen and oxygen atoms in total. The predicted octanol–water partition coefficient (Wildman–Crippen LogP) is 4.12. The van der Waals surface area contributed by atoms with E-state index in [0.717, 1.165) is 16.8 Å². The van der Waals surface area contributed by atoms with Crippen LogP contribution in [0.1, 0.15) is 20.8 Å². The molecule has 1 aliphatic rings. The highest BCUT2D eigenvalue weighted by Crippen LogP contribution is 2.37. The van der Waals surface area contributed by atoms with Crippen molar-refractivity contribution in [3.63, 3.8) is 0 Å². The van der Waals surface area contributed by atoms with Gasteiger partial charge in [0.25, 0.3) is 5.91 Å². The lowest BCUT2D eigenvalue weighted by molar-refractivity contribution is -0.121. The molecule has 0 aliphatic carbocycles. The van der Waals surface area contributed by atoms with Crippen molar-refractivity contribution >= 4 is 39.1 Å². The summed E-state index contributed by atoms with van der Waals surface area (Å²) in [7, 11) is 0. The monoisotopic (exact) mass is 359 g/mol. The van der Waals surface area contributed by atoms with Crippen molar-refractivity contribution in [1.29, 1.82) is 0 Å². The molecule has 0 saturated carbocycles. The number of fused-ring (bicyclic) bond motifs is 1. The number of nitrogens with zero attached hydrogens (tertiary/aromatic N) is 1. The SMILES string of the molecule is CC(C)(C)C(CBr)CN1C(=O)COc2ccc(Cl)cc21. The Balaban J connectivity index is 2.32. The molecule has 0 aromatic heterocycles. The first kappa shape index (κ1) is 15.6. The number of rotatable bonds is 3. The van der Waals surface area contributed by atoms with Crippen LogP contribution in [-0.2, 0) is 4.79 Å². The molecule has 0 spiro atoms. The van der Waals surface area contributed by atoms with Crippen LogP contribution in [0.3, 0.4) is 0 Å². The van der Waals surface area contributed by atoms with Gasteiger partial charge in [-0.25, -0.2) is 0 Å². The minimum absolute atomic E-state index is 0.0185. The van der Waals surface area contributed by atoms with Crippen LogP contribution in [0.5, 0.6) is 5.75 Å². The van der Waals surface area contributed by atoms with Crippen LogP contribution in [0.2, 0.25) is 5.02 Å². The fraction of sp³-hybridized carbons (Fsp3) is 0.533. The molecule has 0 saturated heterocycles. The van der Waals surface area contributed by atoms with Crippen LogP contribution < -0.4 is 9.64 Å². The van der Waals surface area contributed by atoms with Gasteiger partial charge in [0, 0.05) is 16.9 Å². The van der Waals surface area contributed by atoms with Gasteiger partial charge in [-0.2, -0.15) is 0 Å². The lowest BCUT2D eigenvalue weighted by Gasteiger charge is -2.36. The van der Waals surface area contributed by atoms with Crippen molar-refractivity contribution < 1.29 is 9.53 Å². The summed E-state index contributed by atoms with van der Waals surface area (Å²) in [6, 6.07) is 5.39. The van der Waals surface area contributed by atoms with Crippen LogP contribution in [0.25, 0.3) is 0 Å². The molecule has 1 aliphatic heterocycles. The molecule has 0 N–H and O–H groups in total. The van der Waals surface area contributed by atoms with Crippen molar-refractivity contribution in [3.05, 3.63) is 23.2 Å². The van der Waals surface area contributed by atoms with Gasteiger partial charge in [0.2, 0.25) is 0 Å². The van der Waals surface area contributed by atoms with Gasteiger partial charge in [-0.1, -0.05) is 48.3 Å². The lowest BCUT2D eigenvalue weighted by Crippen LogP contribution is -2.44. The van der Waals surface area contributed by atoms with Crippen molar-refractivity contribution in [2.24, 2.45) is 11.3 Å². The average Bonchev–Trinajstić information content (AvgIpc) is 2.36. The van der Waals surface area contributed by atoms with Gasteiger partial charge in [0.05, 0.1) is 5.69 Å². The predicted molar refractivity (Wildman–Crippen MR) is 86.0 cm³/mol. The third kappa shape index (κ3) is 3.29. The zero-order valence-electron chi connectivity index (χ0n) is 12.0. The molecular formula is C15H19BrClNO2. The molecule has 1 unspecified atom stereocenters. The maximum atomic E-state index is 12.2. The summed E-state index contributed by atoms with van der Waals surface area (Å²) >= 11 is 9.60. The summed E-state index contributed by atoms with van der Waals surface area (Å²) in [6.45, 7) is 7.30. The summed E-state index contributed by atoms with van der Waals surface area (Å²) in [6.07, 6.45) is 0. The standard InChI is InChI=1S/C15H19BrClNO2/c1-15(2,3)10(7-16)8-18-12-6-11(17)4-5-13(12)20-9-14(18)19/h4-6,10H,7-9H2,1-3H3. The Morgan fingerprint density at radius 1 is 1.45 bits per heavy atom. The number of hydrogen-bond donors (Lipinski definition) is 0. The molecule has 1 aromatic carbocycles. The smallest absolute Gasteiger partial charge is 0.265 e. The summed E-state index contributed by atoms with van der Waals surface area (Å²) in [4.78, 5) is 14.0. The Morgan fingerprint density at radius 2 is 2.15 bits per heavy atom. The average molecular weight is 361 g/mol. The van der Waals surface area contributed by atoms with Crippen LogP contribution in [0, 0.1) is 11.3 Å². The van der Waals surface area contributed by atoms with Gasteiger partial charge in [-0.05, 0) is 29.5 Å². The molecule has 0 bridgehead atoms. The van der Waals surface area contributed by atoms with E-state index in [2.05, 4.69) is 36.7 Å². The molecule has 1 aromatic rings. The first-order chi connectivity index (χ1) is 9.32. The topological polar surface area (TPSA) is 29.5 Å². The van der Waals surface area contributed by atoms with Gasteiger partial charge in [0.1, 0.15) is 5.75 Å². The number of anilines is 1. The zero-order chi connectivity index (χ0) is 14.9. The second kappa shape index (κ2) is 5.94. The van der Waals surface area contributed by atoms with Crippen LogP contribution in [0.15, 0.2) is 18.2 Å². The van der Waals surface area contributed by atoms with Gasteiger partial charge in [-0.3, -0.25) is 4.79 Å². The largest absolute Gasteiger partial charge is 0.482 e. The van der Waals surface area contributed by atoms with Crippen molar-refractivity contribution in [2.45, 2.75) is 20.8 Å². The Morgan fingerprint density at radius 3 is 2.75 bits per heavy atom. The number of alkyl halides is 1. The fourth-order valence-corrected chi connectivity index (χ4v) is 3.49. The minimum Gasteiger partial charge on any atom is -0.482 e. The Labute approximate surface area is 133 Å². The van der Waals surface area contributed by atoms with Gasteiger partial charge >= 0.3 is 0 Å². The number of carbonyl (C=O) groups is 1. The highest BCUT2D eigenvalue weighted by molar-refractivity contribution is 9.09. The molecule has 110 valence electrons. The van der Waals surface area contributed by atoms with Crippen molar-refractivity contribution in [1.82, 2.24) is 0 Å². The Hall–Kier alpha value is -0.740. The number of ether oxygens (including phenoxy) is 1. The van der Waals surface area contributed by atoms with E-state index < -0.39 is 0 Å². The minimum atomic E-state index is -0.0185. The first-order valence-corrected chi connectivity index (χ1v) is 8.11. The van der Waals surface area contributed by atoms with E-state index in [0.29, 0.717) is 17.5 Å². The van der Waals surface area contributed by atoms with Crippen molar-refractivity contribution in [3.8, 4) is 5.75 Å². The zero-order valence-corrected chi connectivity index (χ0v) is 14.3. The van der Waals surface area contributed by atoms with Crippen molar-refractivity contribution in [2.75, 3.05) is 23.4 Å². The van der Waals surface area contributed by atoms with E-state index in [1.54, 1.807) is 17.0 Å². The van der Waals surface area contributed by atoms with E-state index in [1.165, 1.54) is 0 Å². The van der Waals surface area contributed by atoms with E-state index in [9.17, 15) is 4.79 Å². The molecule has 20 heavy (non-hydrogen) atoms. The molecular weight excluding hydrogens is 342 g/mol. The summed E-state index contributed by atoms with van der Waals surface area (Å²) in [5, 5.41) is 1.45. The fourth-order valence-electron chi connectivity index (χ4n) is 2.15. The number of halogens is 2. The third-order valence-corrected chi connectivity index (χ3v) is 4.69. The maximum Gasteiger partial charge on any atom is 0.265 e. The molecule has 0 radical (unpaired) electrons. The molecule has 2 rings (SSSR count). The molecule has 0 fully saturated rings. The van der Waals surface area contributed by atoms with Gasteiger partial charge in [-0.15, -0.1) is 0 Å². The van der Waals surface area contributed by atoms with E-state index in [4.69, 9.17) is 16.3 Å². The maximum absolute atomic E-state index is 12.2. The summed E-state index contributed by atoms with van der Waals surface area (Å²) < 4.78 is 5.46. The number of hydrogen-bond acceptors (Lipinski definition) is 2. The van der Waals surface area contributed by atoms with Gasteiger partial charge in [0.15, 0.2) is 6.61 Å². The summed E-state index contributed by atoms with van der Waals surface area (Å²) in [5.41, 5.74) is 0.879. The molecule has 5 heteroatoms. The van der Waals surface area contributed by atoms with Gasteiger partial charge < -0.3 is 9.64 Å². The number of carbonyl (C=O) groups excluding carboxylic acids is 1. The first-order valence-electron chi connectivity index (χ1n) is 6.61. The van der Waals surface area contributed by atoms with Crippen LogP contribution >= 0.6 is 27.5 Å². The summed E-state index contributed by atoms with van der Waals surface area (Å²) in [5.74, 6) is 1.04. The van der Waals surface area contributed by atoms with E-state index >= 15 is 0 Å². The lowest BCUT2D eigenvalue weighted by atomic mass is 9.81. The van der Waals surface area contributed by atoms with E-state index in [1.807, 2.05) is 6.07 Å². The normalized spacial score (nSPS) is 16.6.